The zero-order valence-electron chi connectivity index (χ0n) is 13.7. The normalized spacial score (nSPS) is 12.0. The first-order chi connectivity index (χ1) is 11.8. The second kappa shape index (κ2) is 6.44. The lowest BCUT2D eigenvalue weighted by molar-refractivity contribution is 0.530. The molecular weight excluding hydrogens is 348 g/mol. The molecule has 2 heterocycles. The second-order valence-electron chi connectivity index (χ2n) is 6.14. The Morgan fingerprint density at radius 1 is 1.24 bits per heavy atom. The van der Waals surface area contributed by atoms with E-state index in [4.69, 9.17) is 0 Å². The maximum atomic E-state index is 13.8. The van der Waals surface area contributed by atoms with Gasteiger partial charge in [0.2, 0.25) is 0 Å². The number of anilines is 1. The number of benzene rings is 1. The molecule has 0 unspecified atom stereocenters. The summed E-state index contributed by atoms with van der Waals surface area (Å²) in [5, 5.41) is 0.424. The minimum atomic E-state index is -4.11. The molecule has 3 rings (SSSR count). The number of nitrogens with one attached hydrogen (secondary N) is 1. The van der Waals surface area contributed by atoms with E-state index in [2.05, 4.69) is 9.71 Å². The van der Waals surface area contributed by atoms with E-state index in [0.717, 1.165) is 18.2 Å². The van der Waals surface area contributed by atoms with Crippen LogP contribution in [0.4, 0.5) is 14.5 Å². The number of halogens is 2. The van der Waals surface area contributed by atoms with Crippen molar-refractivity contribution in [1.82, 2.24) is 9.55 Å². The molecule has 132 valence electrons. The van der Waals surface area contributed by atoms with Crippen LogP contribution in [0.15, 0.2) is 47.6 Å². The summed E-state index contributed by atoms with van der Waals surface area (Å²) >= 11 is 0. The lowest BCUT2D eigenvalue weighted by Gasteiger charge is -2.08. The fourth-order valence-corrected chi connectivity index (χ4v) is 3.88. The summed E-state index contributed by atoms with van der Waals surface area (Å²) in [7, 11) is -4.11. The van der Waals surface area contributed by atoms with Gasteiger partial charge in [-0.15, -0.1) is 0 Å². The van der Waals surface area contributed by atoms with E-state index < -0.39 is 27.3 Å². The standard InChI is InChI=1S/C17H17F2N3O2S/c1-11(2)9-22-10-16(13-4-3-7-20-17(13)22)25(23,24)21-15-8-12(18)5-6-14(15)19/h3-8,10-11,21H,9H2,1-2H3. The molecule has 0 bridgehead atoms. The Morgan fingerprint density at radius 3 is 2.72 bits per heavy atom. The lowest BCUT2D eigenvalue weighted by Crippen LogP contribution is -2.14. The molecule has 5 nitrogen and oxygen atoms in total. The second-order valence-corrected chi connectivity index (χ2v) is 7.79. The van der Waals surface area contributed by atoms with Crippen LogP contribution in [0.3, 0.4) is 0 Å². The van der Waals surface area contributed by atoms with Crippen molar-refractivity contribution in [1.29, 1.82) is 0 Å². The van der Waals surface area contributed by atoms with Gasteiger partial charge in [-0.3, -0.25) is 4.72 Å². The first-order valence-electron chi connectivity index (χ1n) is 7.69. The molecule has 0 aliphatic carbocycles. The lowest BCUT2D eigenvalue weighted by atomic mass is 10.2. The van der Waals surface area contributed by atoms with E-state index in [-0.39, 0.29) is 10.8 Å². The molecule has 0 spiro atoms. The third kappa shape index (κ3) is 3.48. The van der Waals surface area contributed by atoms with E-state index in [1.807, 2.05) is 13.8 Å². The van der Waals surface area contributed by atoms with Crippen LogP contribution >= 0.6 is 0 Å². The number of sulfonamides is 1. The molecule has 0 saturated carbocycles. The van der Waals surface area contributed by atoms with Gasteiger partial charge in [-0.05, 0) is 30.2 Å². The number of hydrogen-bond donors (Lipinski definition) is 1. The molecule has 25 heavy (non-hydrogen) atoms. The average Bonchev–Trinajstić information content (AvgIpc) is 2.90. The number of aromatic nitrogens is 2. The van der Waals surface area contributed by atoms with Crippen LogP contribution in [0, 0.1) is 17.6 Å². The van der Waals surface area contributed by atoms with Crippen molar-refractivity contribution in [3.63, 3.8) is 0 Å². The molecule has 0 aliphatic heterocycles. The Labute approximate surface area is 144 Å². The van der Waals surface area contributed by atoms with Gasteiger partial charge in [-0.25, -0.2) is 22.2 Å². The van der Waals surface area contributed by atoms with Crippen LogP contribution in [0.5, 0.6) is 0 Å². The Balaban J connectivity index is 2.10. The van der Waals surface area contributed by atoms with E-state index >= 15 is 0 Å². The zero-order chi connectivity index (χ0) is 18.2. The highest BCUT2D eigenvalue weighted by Crippen LogP contribution is 2.27. The molecule has 0 saturated heterocycles. The highest BCUT2D eigenvalue weighted by Gasteiger charge is 2.23. The predicted octanol–water partition coefficient (Wildman–Crippen LogP) is 3.77. The molecular formula is C17H17F2N3O2S. The Bertz CT molecular complexity index is 1030. The largest absolute Gasteiger partial charge is 0.331 e. The number of pyridine rings is 1. The smallest absolute Gasteiger partial charge is 0.264 e. The van der Waals surface area contributed by atoms with Crippen molar-refractivity contribution in [2.75, 3.05) is 4.72 Å². The van der Waals surface area contributed by atoms with E-state index in [1.165, 1.54) is 6.20 Å². The quantitative estimate of drug-likeness (QED) is 0.749. The summed E-state index contributed by atoms with van der Waals surface area (Å²) in [4.78, 5) is 4.22. The molecule has 2 aromatic heterocycles. The van der Waals surface area contributed by atoms with Crippen LogP contribution in [-0.2, 0) is 16.6 Å². The van der Waals surface area contributed by atoms with Crippen molar-refractivity contribution >= 4 is 26.7 Å². The minimum absolute atomic E-state index is 0.0279. The van der Waals surface area contributed by atoms with Gasteiger partial charge in [0.15, 0.2) is 0 Å². The van der Waals surface area contributed by atoms with Crippen LogP contribution < -0.4 is 4.72 Å². The maximum Gasteiger partial charge on any atom is 0.264 e. The van der Waals surface area contributed by atoms with Gasteiger partial charge < -0.3 is 4.57 Å². The highest BCUT2D eigenvalue weighted by atomic mass is 32.2. The van der Waals surface area contributed by atoms with E-state index in [1.54, 1.807) is 22.9 Å². The Kier molecular flexibility index (Phi) is 4.47. The summed E-state index contributed by atoms with van der Waals surface area (Å²) in [5.41, 5.74) is 0.0879. The van der Waals surface area contributed by atoms with Crippen LogP contribution in [0.1, 0.15) is 13.8 Å². The van der Waals surface area contributed by atoms with Gasteiger partial charge in [0.05, 0.1) is 5.69 Å². The van der Waals surface area contributed by atoms with Crippen molar-refractivity contribution in [2.24, 2.45) is 5.92 Å². The third-order valence-electron chi connectivity index (χ3n) is 3.62. The molecule has 0 atom stereocenters. The molecule has 0 aliphatic rings. The zero-order valence-corrected chi connectivity index (χ0v) is 14.5. The molecule has 0 fully saturated rings. The van der Waals surface area contributed by atoms with Gasteiger partial charge >= 0.3 is 0 Å². The molecule has 3 aromatic rings. The fourth-order valence-electron chi connectivity index (χ4n) is 2.61. The van der Waals surface area contributed by atoms with Crippen LogP contribution in [0.25, 0.3) is 11.0 Å². The molecule has 1 N–H and O–H groups in total. The number of nitrogens with zero attached hydrogens (tertiary/aromatic N) is 2. The van der Waals surface area contributed by atoms with Crippen LogP contribution in [0.2, 0.25) is 0 Å². The first kappa shape index (κ1) is 17.3. The number of rotatable bonds is 5. The van der Waals surface area contributed by atoms with Crippen molar-refractivity contribution in [2.45, 2.75) is 25.3 Å². The molecule has 0 amide bonds. The summed E-state index contributed by atoms with van der Waals surface area (Å²) < 4.78 is 56.4. The summed E-state index contributed by atoms with van der Waals surface area (Å²) in [6, 6.07) is 5.86. The average molecular weight is 365 g/mol. The maximum absolute atomic E-state index is 13.8. The molecule has 0 radical (unpaired) electrons. The summed E-state index contributed by atoms with van der Waals surface area (Å²) in [6.07, 6.45) is 3.05. The van der Waals surface area contributed by atoms with Crippen molar-refractivity contribution in [3.05, 3.63) is 54.4 Å². The number of hydrogen-bond acceptors (Lipinski definition) is 3. The Hall–Kier alpha value is -2.48. The van der Waals surface area contributed by atoms with E-state index in [9.17, 15) is 17.2 Å². The van der Waals surface area contributed by atoms with Gasteiger partial charge in [0.1, 0.15) is 22.2 Å². The van der Waals surface area contributed by atoms with Gasteiger partial charge in [-0.2, -0.15) is 0 Å². The van der Waals surface area contributed by atoms with Gasteiger partial charge in [-0.1, -0.05) is 13.8 Å². The first-order valence-corrected chi connectivity index (χ1v) is 9.18. The topological polar surface area (TPSA) is 64.0 Å². The highest BCUT2D eigenvalue weighted by molar-refractivity contribution is 7.93. The summed E-state index contributed by atoms with van der Waals surface area (Å²) in [6.45, 7) is 4.59. The minimum Gasteiger partial charge on any atom is -0.331 e. The SMILES string of the molecule is CC(C)Cn1cc(S(=O)(=O)Nc2cc(F)ccc2F)c2cccnc21. The van der Waals surface area contributed by atoms with Gasteiger partial charge in [0.25, 0.3) is 10.0 Å². The van der Waals surface area contributed by atoms with Crippen molar-refractivity contribution in [3.8, 4) is 0 Å². The summed E-state index contributed by atoms with van der Waals surface area (Å²) in [5.74, 6) is -1.31. The van der Waals surface area contributed by atoms with Crippen molar-refractivity contribution < 1.29 is 17.2 Å². The molecule has 8 heteroatoms. The van der Waals surface area contributed by atoms with Crippen LogP contribution in [-0.4, -0.2) is 18.0 Å². The number of fused-ring (bicyclic) bond motifs is 1. The fraction of sp³-hybridized carbons (Fsp3) is 0.235. The third-order valence-corrected chi connectivity index (χ3v) is 5.01. The van der Waals surface area contributed by atoms with Gasteiger partial charge in [0, 0.05) is 30.4 Å². The Morgan fingerprint density at radius 2 is 2.00 bits per heavy atom. The monoisotopic (exact) mass is 365 g/mol. The predicted molar refractivity (Wildman–Crippen MR) is 91.7 cm³/mol. The molecule has 1 aromatic carbocycles. The van der Waals surface area contributed by atoms with E-state index in [0.29, 0.717) is 17.6 Å².